The predicted octanol–water partition coefficient (Wildman–Crippen LogP) is 3.50. The maximum Gasteiger partial charge on any atom is 0.334 e. The third-order valence-electron chi connectivity index (χ3n) is 5.95. The first kappa shape index (κ1) is 20.9. The number of rotatable bonds is 5. The van der Waals surface area contributed by atoms with Gasteiger partial charge >= 0.3 is 5.69 Å². The van der Waals surface area contributed by atoms with Crippen molar-refractivity contribution in [1.82, 2.24) is 9.13 Å². The number of halogens is 1. The van der Waals surface area contributed by atoms with Crippen LogP contribution in [0.2, 0.25) is 0 Å². The average molecular weight is 443 g/mol. The minimum atomic E-state index is -0.628. The molecule has 166 valence electrons. The van der Waals surface area contributed by atoms with Crippen molar-refractivity contribution in [1.29, 1.82) is 0 Å². The Labute approximate surface area is 189 Å². The van der Waals surface area contributed by atoms with Gasteiger partial charge in [0.2, 0.25) is 5.88 Å². The normalized spacial score (nSPS) is 15.6. The van der Waals surface area contributed by atoms with Crippen LogP contribution < -0.4 is 21.7 Å². The van der Waals surface area contributed by atoms with Gasteiger partial charge in [-0.05, 0) is 17.2 Å². The Kier molecular flexibility index (Phi) is 5.40. The molecule has 0 spiro atoms. The average Bonchev–Trinajstić information content (AvgIpc) is 3.29. The smallest absolute Gasteiger partial charge is 0.334 e. The Hall–Kier alpha value is -3.97. The van der Waals surface area contributed by atoms with Crippen molar-refractivity contribution < 1.29 is 9.13 Å². The lowest BCUT2D eigenvalue weighted by molar-refractivity contribution is 0.343. The summed E-state index contributed by atoms with van der Waals surface area (Å²) in [5.41, 5.74) is 6.95. The van der Waals surface area contributed by atoms with Crippen molar-refractivity contribution in [3.8, 4) is 17.0 Å². The van der Waals surface area contributed by atoms with Gasteiger partial charge in [-0.1, -0.05) is 78.9 Å². The van der Waals surface area contributed by atoms with Crippen LogP contribution in [0, 0.1) is 5.82 Å². The molecule has 5 rings (SSSR count). The summed E-state index contributed by atoms with van der Waals surface area (Å²) in [6.45, 7) is 0.111. The summed E-state index contributed by atoms with van der Waals surface area (Å²) in [7, 11) is 0. The van der Waals surface area contributed by atoms with Gasteiger partial charge in [0, 0.05) is 11.6 Å². The number of benzene rings is 3. The molecule has 2 atom stereocenters. The fourth-order valence-electron chi connectivity index (χ4n) is 4.28. The molecule has 0 radical (unpaired) electrons. The van der Waals surface area contributed by atoms with Crippen molar-refractivity contribution in [2.45, 2.75) is 18.6 Å². The van der Waals surface area contributed by atoms with E-state index >= 15 is 0 Å². The molecule has 0 saturated carbocycles. The van der Waals surface area contributed by atoms with E-state index in [9.17, 15) is 14.0 Å². The summed E-state index contributed by atoms with van der Waals surface area (Å²) >= 11 is 0. The van der Waals surface area contributed by atoms with Crippen LogP contribution in [-0.2, 0) is 6.54 Å². The number of fused-ring (bicyclic) bond motifs is 1. The fraction of sp³-hybridized carbons (Fsp3) is 0.154. The second kappa shape index (κ2) is 8.52. The van der Waals surface area contributed by atoms with Crippen molar-refractivity contribution in [3.63, 3.8) is 0 Å². The fourth-order valence-corrected chi connectivity index (χ4v) is 4.28. The highest BCUT2D eigenvalue weighted by Gasteiger charge is 2.34. The maximum atomic E-state index is 14.8. The van der Waals surface area contributed by atoms with Crippen LogP contribution in [0.4, 0.5) is 4.39 Å². The molecule has 0 amide bonds. The van der Waals surface area contributed by atoms with E-state index < -0.39 is 29.1 Å². The van der Waals surface area contributed by atoms with Crippen LogP contribution >= 0.6 is 0 Å². The summed E-state index contributed by atoms with van der Waals surface area (Å²) in [4.78, 5) is 27.2. The van der Waals surface area contributed by atoms with Crippen molar-refractivity contribution in [3.05, 3.63) is 123 Å². The van der Waals surface area contributed by atoms with Gasteiger partial charge in [0.1, 0.15) is 24.0 Å². The summed E-state index contributed by atoms with van der Waals surface area (Å²) in [5.74, 6) is -0.491. The maximum absolute atomic E-state index is 14.8. The van der Waals surface area contributed by atoms with Gasteiger partial charge in [-0.25, -0.2) is 9.18 Å². The molecule has 0 saturated heterocycles. The lowest BCUT2D eigenvalue weighted by Crippen LogP contribution is -2.43. The molecule has 1 unspecified atom stereocenters. The molecule has 0 aliphatic carbocycles. The molecule has 3 aromatic carbocycles. The molecular weight excluding hydrogens is 421 g/mol. The quantitative estimate of drug-likeness (QED) is 0.512. The van der Waals surface area contributed by atoms with E-state index in [1.807, 2.05) is 60.7 Å². The molecule has 7 heteroatoms. The van der Waals surface area contributed by atoms with E-state index in [0.29, 0.717) is 0 Å². The molecule has 2 heterocycles. The SMILES string of the molecule is N[C@@H](Cn1c(=O)c(-c2ccccc2F)c2n(c1=O)C(c1ccccc1)CO2)c1ccccc1. The Morgan fingerprint density at radius 3 is 2.27 bits per heavy atom. The van der Waals surface area contributed by atoms with Gasteiger partial charge in [0.25, 0.3) is 5.56 Å². The third-order valence-corrected chi connectivity index (χ3v) is 5.95. The van der Waals surface area contributed by atoms with Crippen LogP contribution in [0.1, 0.15) is 23.2 Å². The van der Waals surface area contributed by atoms with Crippen molar-refractivity contribution in [2.24, 2.45) is 5.73 Å². The van der Waals surface area contributed by atoms with Gasteiger partial charge in [-0.3, -0.25) is 13.9 Å². The number of ether oxygens (including phenoxy) is 1. The number of hydrogen-bond acceptors (Lipinski definition) is 4. The largest absolute Gasteiger partial charge is 0.476 e. The first-order valence-corrected chi connectivity index (χ1v) is 10.7. The van der Waals surface area contributed by atoms with Crippen LogP contribution in [0.5, 0.6) is 5.88 Å². The highest BCUT2D eigenvalue weighted by molar-refractivity contribution is 5.69. The molecule has 0 fully saturated rings. The van der Waals surface area contributed by atoms with E-state index in [2.05, 4.69) is 0 Å². The first-order valence-electron chi connectivity index (χ1n) is 10.7. The highest BCUT2D eigenvalue weighted by Crippen LogP contribution is 2.36. The Bertz CT molecular complexity index is 1410. The zero-order valence-electron chi connectivity index (χ0n) is 17.7. The highest BCUT2D eigenvalue weighted by atomic mass is 19.1. The third kappa shape index (κ3) is 3.66. The molecule has 4 aromatic rings. The summed E-state index contributed by atoms with van der Waals surface area (Å²) in [5, 5.41) is 0. The van der Waals surface area contributed by atoms with Gasteiger partial charge in [0.15, 0.2) is 0 Å². The summed E-state index contributed by atoms with van der Waals surface area (Å²) in [6, 6.07) is 23.6. The molecule has 2 N–H and O–H groups in total. The van der Waals surface area contributed by atoms with Gasteiger partial charge in [-0.15, -0.1) is 0 Å². The van der Waals surface area contributed by atoms with E-state index in [1.165, 1.54) is 16.7 Å². The number of nitrogens with zero attached hydrogens (tertiary/aromatic N) is 2. The van der Waals surface area contributed by atoms with Crippen LogP contribution in [0.15, 0.2) is 94.5 Å². The lowest BCUT2D eigenvalue weighted by atomic mass is 10.1. The van der Waals surface area contributed by atoms with E-state index in [4.69, 9.17) is 10.5 Å². The summed E-state index contributed by atoms with van der Waals surface area (Å²) in [6.07, 6.45) is 0. The molecule has 33 heavy (non-hydrogen) atoms. The predicted molar refractivity (Wildman–Crippen MR) is 124 cm³/mol. The summed E-state index contributed by atoms with van der Waals surface area (Å²) < 4.78 is 23.2. The van der Waals surface area contributed by atoms with Gasteiger partial charge < -0.3 is 10.5 Å². The lowest BCUT2D eigenvalue weighted by Gasteiger charge is -2.19. The van der Waals surface area contributed by atoms with Crippen LogP contribution in [-0.4, -0.2) is 15.7 Å². The molecular formula is C26H22FN3O3. The molecule has 0 bridgehead atoms. The van der Waals surface area contributed by atoms with Crippen molar-refractivity contribution >= 4 is 0 Å². The van der Waals surface area contributed by atoms with E-state index in [1.54, 1.807) is 12.1 Å². The number of hydrogen-bond donors (Lipinski definition) is 1. The number of nitrogens with two attached hydrogens (primary N) is 1. The second-order valence-electron chi connectivity index (χ2n) is 7.98. The Balaban J connectivity index is 1.73. The van der Waals surface area contributed by atoms with Crippen molar-refractivity contribution in [2.75, 3.05) is 6.61 Å². The number of aromatic nitrogens is 2. The van der Waals surface area contributed by atoms with Gasteiger partial charge in [-0.2, -0.15) is 0 Å². The van der Waals surface area contributed by atoms with Crippen LogP contribution in [0.25, 0.3) is 11.1 Å². The standard InChI is InChI=1S/C26H22FN3O3/c27-20-14-8-7-13-19(20)23-24(31)29(15-21(28)17-9-3-1-4-10-17)26(32)30-22(16-33-25(23)30)18-11-5-2-6-12-18/h1-14,21-22H,15-16,28H2/t21-,22?/m0/s1. The molecule has 1 aliphatic heterocycles. The zero-order chi connectivity index (χ0) is 22.9. The molecule has 1 aliphatic rings. The van der Waals surface area contributed by atoms with Gasteiger partial charge in [0.05, 0.1) is 6.54 Å². The van der Waals surface area contributed by atoms with Crippen LogP contribution in [0.3, 0.4) is 0 Å². The molecule has 6 nitrogen and oxygen atoms in total. The minimum absolute atomic E-state index is 0.0198. The zero-order valence-corrected chi connectivity index (χ0v) is 17.7. The Morgan fingerprint density at radius 2 is 1.58 bits per heavy atom. The van der Waals surface area contributed by atoms with E-state index in [-0.39, 0.29) is 30.2 Å². The topological polar surface area (TPSA) is 79.2 Å². The van der Waals surface area contributed by atoms with E-state index in [0.717, 1.165) is 15.7 Å². The second-order valence-corrected chi connectivity index (χ2v) is 7.98. The minimum Gasteiger partial charge on any atom is -0.476 e. The molecule has 1 aromatic heterocycles. The monoisotopic (exact) mass is 443 g/mol. The Morgan fingerprint density at radius 1 is 0.939 bits per heavy atom. The first-order chi connectivity index (χ1) is 16.1.